The molecule has 0 radical (unpaired) electrons. The highest BCUT2D eigenvalue weighted by Crippen LogP contribution is 2.33. The summed E-state index contributed by atoms with van der Waals surface area (Å²) in [5.74, 6) is 0.473. The maximum absolute atomic E-state index is 13.4. The molecule has 1 N–H and O–H groups in total. The molecule has 1 aromatic heterocycles. The molecule has 144 valence electrons. The summed E-state index contributed by atoms with van der Waals surface area (Å²) in [6.07, 6.45) is 2.01. The normalized spacial score (nSPS) is 15.8. The first-order chi connectivity index (χ1) is 13.7. The molecule has 0 saturated carbocycles. The minimum Gasteiger partial charge on any atom is -0.494 e. The van der Waals surface area contributed by atoms with Crippen molar-refractivity contribution in [3.8, 4) is 5.75 Å². The number of nitrogens with zero attached hydrogens (tertiary/aromatic N) is 2. The molecule has 1 atom stereocenters. The lowest BCUT2D eigenvalue weighted by molar-refractivity contribution is 0.182. The summed E-state index contributed by atoms with van der Waals surface area (Å²) in [6, 6.07) is 17.2. The standard InChI is InChI=1S/C22H22FN3O2/c1-2-28-19-11-9-18(10-12-19)24-22(27)26-15-14-25-13-3-4-20(25)21(26)16-5-7-17(23)8-6-16/h3-13,21H,2,14-15H2,1H3,(H,24,27)/t21-/m0/s1. The smallest absolute Gasteiger partial charge is 0.322 e. The van der Waals surface area contributed by atoms with Gasteiger partial charge in [0.2, 0.25) is 0 Å². The summed E-state index contributed by atoms with van der Waals surface area (Å²) in [5, 5.41) is 2.96. The Morgan fingerprint density at radius 2 is 1.86 bits per heavy atom. The molecule has 6 heteroatoms. The Hall–Kier alpha value is -3.28. The first-order valence-corrected chi connectivity index (χ1v) is 9.36. The second-order valence-corrected chi connectivity index (χ2v) is 6.66. The molecule has 1 aliphatic heterocycles. The number of benzene rings is 2. The number of hydrogen-bond acceptors (Lipinski definition) is 2. The molecule has 0 aliphatic carbocycles. The molecule has 2 amide bonds. The SMILES string of the molecule is CCOc1ccc(NC(=O)N2CCn3cccc3[C@@H]2c2ccc(F)cc2)cc1. The minimum absolute atomic E-state index is 0.189. The average Bonchev–Trinajstić information content (AvgIpc) is 3.18. The van der Waals surface area contributed by atoms with Crippen molar-refractivity contribution < 1.29 is 13.9 Å². The van der Waals surface area contributed by atoms with Gasteiger partial charge >= 0.3 is 6.03 Å². The summed E-state index contributed by atoms with van der Waals surface area (Å²) in [7, 11) is 0. The van der Waals surface area contributed by atoms with Crippen molar-refractivity contribution in [2.45, 2.75) is 19.5 Å². The molecule has 5 nitrogen and oxygen atoms in total. The van der Waals surface area contributed by atoms with Crippen molar-refractivity contribution in [1.82, 2.24) is 9.47 Å². The highest BCUT2D eigenvalue weighted by Gasteiger charge is 2.32. The second kappa shape index (κ2) is 7.76. The van der Waals surface area contributed by atoms with Gasteiger partial charge in [-0.3, -0.25) is 0 Å². The number of hydrogen-bond donors (Lipinski definition) is 1. The zero-order valence-corrected chi connectivity index (χ0v) is 15.6. The molecule has 2 heterocycles. The zero-order chi connectivity index (χ0) is 19.5. The highest BCUT2D eigenvalue weighted by molar-refractivity contribution is 5.90. The molecule has 0 unspecified atom stereocenters. The number of ether oxygens (including phenoxy) is 1. The van der Waals surface area contributed by atoms with Gasteiger partial charge in [0.05, 0.1) is 12.6 Å². The Morgan fingerprint density at radius 3 is 2.57 bits per heavy atom. The van der Waals surface area contributed by atoms with E-state index in [1.807, 2.05) is 49.5 Å². The van der Waals surface area contributed by atoms with Crippen LogP contribution in [0.4, 0.5) is 14.9 Å². The van der Waals surface area contributed by atoms with E-state index in [1.165, 1.54) is 12.1 Å². The lowest BCUT2D eigenvalue weighted by Crippen LogP contribution is -2.44. The number of carbonyl (C=O) groups excluding carboxylic acids is 1. The quantitative estimate of drug-likeness (QED) is 0.716. The number of carbonyl (C=O) groups is 1. The third-order valence-electron chi connectivity index (χ3n) is 4.90. The monoisotopic (exact) mass is 379 g/mol. The van der Waals surface area contributed by atoms with Crippen LogP contribution in [0.3, 0.4) is 0 Å². The Kier molecular flexibility index (Phi) is 5.02. The van der Waals surface area contributed by atoms with E-state index in [9.17, 15) is 9.18 Å². The second-order valence-electron chi connectivity index (χ2n) is 6.66. The highest BCUT2D eigenvalue weighted by atomic mass is 19.1. The molecule has 3 aromatic rings. The van der Waals surface area contributed by atoms with Gasteiger partial charge < -0.3 is 19.5 Å². The van der Waals surface area contributed by atoms with Crippen molar-refractivity contribution in [3.63, 3.8) is 0 Å². The van der Waals surface area contributed by atoms with Crippen molar-refractivity contribution in [3.05, 3.63) is 83.9 Å². The van der Waals surface area contributed by atoms with Gasteiger partial charge in [0.15, 0.2) is 0 Å². The van der Waals surface area contributed by atoms with Crippen molar-refractivity contribution in [2.24, 2.45) is 0 Å². The fraction of sp³-hybridized carbons (Fsp3) is 0.227. The predicted molar refractivity (Wildman–Crippen MR) is 106 cm³/mol. The Labute approximate surface area is 163 Å². The van der Waals surface area contributed by atoms with Crippen LogP contribution in [0.5, 0.6) is 5.75 Å². The third kappa shape index (κ3) is 3.58. The Morgan fingerprint density at radius 1 is 1.11 bits per heavy atom. The van der Waals surface area contributed by atoms with Gasteiger partial charge in [-0.1, -0.05) is 12.1 Å². The van der Waals surface area contributed by atoms with Crippen LogP contribution < -0.4 is 10.1 Å². The number of halogens is 1. The first-order valence-electron chi connectivity index (χ1n) is 9.36. The number of aromatic nitrogens is 1. The van der Waals surface area contributed by atoms with Crippen LogP contribution in [0, 0.1) is 5.82 Å². The van der Waals surface area contributed by atoms with Gasteiger partial charge in [0.1, 0.15) is 11.6 Å². The maximum Gasteiger partial charge on any atom is 0.322 e. The fourth-order valence-electron chi connectivity index (χ4n) is 3.59. The van der Waals surface area contributed by atoms with Gasteiger partial charge in [-0.2, -0.15) is 0 Å². The van der Waals surface area contributed by atoms with Crippen molar-refractivity contribution in [2.75, 3.05) is 18.5 Å². The summed E-state index contributed by atoms with van der Waals surface area (Å²) in [4.78, 5) is 14.9. The van der Waals surface area contributed by atoms with Crippen molar-refractivity contribution in [1.29, 1.82) is 0 Å². The third-order valence-corrected chi connectivity index (χ3v) is 4.90. The zero-order valence-electron chi connectivity index (χ0n) is 15.6. The molecular formula is C22H22FN3O2. The molecule has 0 bridgehead atoms. The molecular weight excluding hydrogens is 357 g/mol. The van der Waals surface area contributed by atoms with Gasteiger partial charge in [0.25, 0.3) is 0 Å². The Bertz CT molecular complexity index is 951. The van der Waals surface area contributed by atoms with E-state index < -0.39 is 0 Å². The summed E-state index contributed by atoms with van der Waals surface area (Å²) < 4.78 is 21.0. The average molecular weight is 379 g/mol. The molecule has 1 aliphatic rings. The van der Waals surface area contributed by atoms with Crippen molar-refractivity contribution >= 4 is 11.7 Å². The Balaban J connectivity index is 1.59. The van der Waals surface area contributed by atoms with Crippen LogP contribution in [0.25, 0.3) is 0 Å². The van der Waals surface area contributed by atoms with Crippen LogP contribution >= 0.6 is 0 Å². The van der Waals surface area contributed by atoms with Gasteiger partial charge in [-0.05, 0) is 61.0 Å². The number of rotatable bonds is 4. The van der Waals surface area contributed by atoms with E-state index in [0.717, 1.165) is 23.6 Å². The predicted octanol–water partition coefficient (Wildman–Crippen LogP) is 4.66. The number of anilines is 1. The number of fused-ring (bicyclic) bond motifs is 1. The van der Waals surface area contributed by atoms with E-state index >= 15 is 0 Å². The van der Waals surface area contributed by atoms with Crippen LogP contribution in [0.2, 0.25) is 0 Å². The van der Waals surface area contributed by atoms with E-state index in [-0.39, 0.29) is 17.9 Å². The van der Waals surface area contributed by atoms with E-state index in [4.69, 9.17) is 4.74 Å². The van der Waals surface area contributed by atoms with Crippen LogP contribution in [-0.2, 0) is 6.54 Å². The maximum atomic E-state index is 13.4. The minimum atomic E-state index is -0.291. The molecule has 4 rings (SSSR count). The summed E-state index contributed by atoms with van der Waals surface area (Å²) >= 11 is 0. The lowest BCUT2D eigenvalue weighted by Gasteiger charge is -2.37. The van der Waals surface area contributed by atoms with Gasteiger partial charge in [0, 0.05) is 30.7 Å². The summed E-state index contributed by atoms with van der Waals surface area (Å²) in [6.45, 7) is 3.80. The summed E-state index contributed by atoms with van der Waals surface area (Å²) in [5.41, 5.74) is 2.59. The van der Waals surface area contributed by atoms with E-state index in [1.54, 1.807) is 17.0 Å². The number of urea groups is 1. The molecule has 0 spiro atoms. The number of amides is 2. The van der Waals surface area contributed by atoms with Gasteiger partial charge in [-0.15, -0.1) is 0 Å². The molecule has 28 heavy (non-hydrogen) atoms. The lowest BCUT2D eigenvalue weighted by atomic mass is 10.0. The molecule has 2 aromatic carbocycles. The first kappa shape index (κ1) is 18.1. The fourth-order valence-corrected chi connectivity index (χ4v) is 3.59. The van der Waals surface area contributed by atoms with Crippen LogP contribution in [-0.4, -0.2) is 28.6 Å². The van der Waals surface area contributed by atoms with Gasteiger partial charge in [-0.25, -0.2) is 9.18 Å². The van der Waals surface area contributed by atoms with E-state index in [2.05, 4.69) is 9.88 Å². The van der Waals surface area contributed by atoms with Crippen LogP contribution in [0.1, 0.15) is 24.2 Å². The molecule has 0 fully saturated rings. The number of nitrogens with one attached hydrogen (secondary N) is 1. The molecule has 0 saturated heterocycles. The van der Waals surface area contributed by atoms with Crippen LogP contribution in [0.15, 0.2) is 66.9 Å². The topological polar surface area (TPSA) is 46.5 Å². The largest absolute Gasteiger partial charge is 0.494 e. The van der Waals surface area contributed by atoms with E-state index in [0.29, 0.717) is 18.8 Å².